The number of nitrogens with one attached hydrogen (secondary N) is 1. The highest BCUT2D eigenvalue weighted by Crippen LogP contribution is 2.28. The van der Waals surface area contributed by atoms with Crippen molar-refractivity contribution in [2.24, 2.45) is 0 Å². The molecule has 0 bridgehead atoms. The Hall–Kier alpha value is -1.70. The largest absolute Gasteiger partial charge is 0.497 e. The van der Waals surface area contributed by atoms with Gasteiger partial charge in [0, 0.05) is 18.6 Å². The first kappa shape index (κ1) is 17.1. The van der Waals surface area contributed by atoms with Gasteiger partial charge in [-0.15, -0.1) is 11.3 Å². The highest BCUT2D eigenvalue weighted by Gasteiger charge is 2.33. The van der Waals surface area contributed by atoms with Gasteiger partial charge in [0.25, 0.3) is 0 Å². The lowest BCUT2D eigenvalue weighted by Crippen LogP contribution is -2.53. The third kappa shape index (κ3) is 3.85. The second kappa shape index (κ2) is 7.46. The number of thiazole rings is 1. The summed E-state index contributed by atoms with van der Waals surface area (Å²) in [5.41, 5.74) is 1.00. The number of rotatable bonds is 8. The van der Waals surface area contributed by atoms with E-state index < -0.39 is 5.97 Å². The first-order valence-electron chi connectivity index (χ1n) is 8.21. The Balaban J connectivity index is 1.50. The van der Waals surface area contributed by atoms with Crippen molar-refractivity contribution in [1.82, 2.24) is 15.2 Å². The zero-order chi connectivity index (χ0) is 17.1. The molecule has 3 rings (SSSR count). The summed E-state index contributed by atoms with van der Waals surface area (Å²) in [5.74, 6) is 0.101. The first-order chi connectivity index (χ1) is 11.6. The van der Waals surface area contributed by atoms with E-state index in [1.54, 1.807) is 18.4 Å². The van der Waals surface area contributed by atoms with E-state index in [1.807, 2.05) is 30.0 Å². The number of carbonyl (C=O) groups is 1. The van der Waals surface area contributed by atoms with Gasteiger partial charge in [0.1, 0.15) is 10.8 Å². The van der Waals surface area contributed by atoms with Crippen molar-refractivity contribution in [2.75, 3.05) is 20.2 Å². The van der Waals surface area contributed by atoms with Crippen molar-refractivity contribution in [1.29, 1.82) is 0 Å². The highest BCUT2D eigenvalue weighted by atomic mass is 32.1. The number of aromatic nitrogens is 1. The second-order valence-corrected chi connectivity index (χ2v) is 7.22. The average Bonchev–Trinajstić information content (AvgIpc) is 2.93. The quantitative estimate of drug-likeness (QED) is 0.762. The van der Waals surface area contributed by atoms with Gasteiger partial charge in [-0.2, -0.15) is 0 Å². The van der Waals surface area contributed by atoms with Crippen LogP contribution in [0.15, 0.2) is 18.2 Å². The lowest BCUT2D eigenvalue weighted by molar-refractivity contribution is -0.139. The minimum Gasteiger partial charge on any atom is -0.497 e. The van der Waals surface area contributed by atoms with Crippen LogP contribution in [0.5, 0.6) is 5.75 Å². The molecular formula is C17H23N3O3S. The van der Waals surface area contributed by atoms with E-state index in [1.165, 1.54) is 0 Å². The summed E-state index contributed by atoms with van der Waals surface area (Å²) >= 11 is 1.68. The molecule has 0 amide bonds. The molecule has 1 aliphatic rings. The number of carboxylic acid groups (broad SMARTS) is 1. The van der Waals surface area contributed by atoms with Crippen LogP contribution in [-0.4, -0.2) is 53.2 Å². The monoisotopic (exact) mass is 349 g/mol. The maximum Gasteiger partial charge on any atom is 0.317 e. The van der Waals surface area contributed by atoms with Crippen molar-refractivity contribution >= 4 is 27.5 Å². The Labute approximate surface area is 145 Å². The fourth-order valence-corrected chi connectivity index (χ4v) is 4.06. The van der Waals surface area contributed by atoms with Gasteiger partial charge < -0.3 is 15.2 Å². The molecule has 130 valence electrons. The van der Waals surface area contributed by atoms with Crippen LogP contribution in [0.3, 0.4) is 0 Å². The smallest absolute Gasteiger partial charge is 0.317 e. The third-order valence-corrected chi connectivity index (χ3v) is 5.57. The molecule has 0 spiro atoms. The van der Waals surface area contributed by atoms with E-state index in [4.69, 9.17) is 9.84 Å². The Morgan fingerprint density at radius 3 is 2.96 bits per heavy atom. The van der Waals surface area contributed by atoms with Crippen LogP contribution in [0.4, 0.5) is 0 Å². The minimum absolute atomic E-state index is 0.133. The van der Waals surface area contributed by atoms with Crippen LogP contribution in [0, 0.1) is 0 Å². The van der Waals surface area contributed by atoms with E-state index in [0.717, 1.165) is 46.9 Å². The molecule has 0 atom stereocenters. The van der Waals surface area contributed by atoms with E-state index in [9.17, 15) is 4.79 Å². The van der Waals surface area contributed by atoms with Crippen LogP contribution in [-0.2, 0) is 11.3 Å². The summed E-state index contributed by atoms with van der Waals surface area (Å²) in [5, 5.41) is 13.5. The molecule has 1 aliphatic carbocycles. The molecule has 0 radical (unpaired) electrons. The van der Waals surface area contributed by atoms with Gasteiger partial charge in [-0.3, -0.25) is 9.69 Å². The fourth-order valence-electron chi connectivity index (χ4n) is 3.11. The number of likely N-dealkylation sites (N-methyl/N-ethyl adjacent to an activating group) is 1. The number of carboxylic acids is 1. The first-order valence-corrected chi connectivity index (χ1v) is 9.03. The van der Waals surface area contributed by atoms with Crippen LogP contribution in [0.2, 0.25) is 0 Å². The van der Waals surface area contributed by atoms with Crippen LogP contribution >= 0.6 is 11.3 Å². The van der Waals surface area contributed by atoms with Crippen molar-refractivity contribution in [3.63, 3.8) is 0 Å². The number of hydrogen-bond acceptors (Lipinski definition) is 6. The molecule has 0 unspecified atom stereocenters. The average molecular weight is 349 g/mol. The third-order valence-electron chi connectivity index (χ3n) is 4.56. The molecule has 0 saturated heterocycles. The van der Waals surface area contributed by atoms with Gasteiger partial charge in [-0.25, -0.2) is 4.98 Å². The molecule has 1 aromatic heterocycles. The van der Waals surface area contributed by atoms with Crippen molar-refractivity contribution in [2.45, 2.75) is 38.4 Å². The highest BCUT2D eigenvalue weighted by molar-refractivity contribution is 7.18. The zero-order valence-electron chi connectivity index (χ0n) is 14.0. The molecule has 6 nitrogen and oxygen atoms in total. The molecule has 0 aliphatic heterocycles. The number of hydrogen-bond donors (Lipinski definition) is 2. The van der Waals surface area contributed by atoms with Crippen molar-refractivity contribution in [3.8, 4) is 5.75 Å². The summed E-state index contributed by atoms with van der Waals surface area (Å²) in [6, 6.07) is 6.75. The van der Waals surface area contributed by atoms with Crippen LogP contribution in [0.25, 0.3) is 10.2 Å². The Morgan fingerprint density at radius 1 is 1.50 bits per heavy atom. The maximum absolute atomic E-state index is 10.9. The summed E-state index contributed by atoms with van der Waals surface area (Å²) in [6.07, 6.45) is 2.00. The number of fused-ring (bicyclic) bond motifs is 1. The molecule has 24 heavy (non-hydrogen) atoms. The predicted octanol–water partition coefficient (Wildman–Crippen LogP) is 2.33. The number of methoxy groups -OCH3 is 1. The lowest BCUT2D eigenvalue weighted by atomic mass is 9.85. The molecule has 7 heteroatoms. The van der Waals surface area contributed by atoms with E-state index in [0.29, 0.717) is 12.1 Å². The number of aliphatic carboxylic acids is 1. The minimum atomic E-state index is -0.752. The van der Waals surface area contributed by atoms with Gasteiger partial charge in [0.15, 0.2) is 0 Å². The Bertz CT molecular complexity index is 712. The van der Waals surface area contributed by atoms with Gasteiger partial charge in [-0.1, -0.05) is 6.92 Å². The summed E-state index contributed by atoms with van der Waals surface area (Å²) < 4.78 is 6.38. The lowest BCUT2D eigenvalue weighted by Gasteiger charge is -2.42. The summed E-state index contributed by atoms with van der Waals surface area (Å²) in [7, 11) is 1.67. The maximum atomic E-state index is 10.9. The van der Waals surface area contributed by atoms with E-state index in [2.05, 4.69) is 10.3 Å². The van der Waals surface area contributed by atoms with E-state index >= 15 is 0 Å². The van der Waals surface area contributed by atoms with Crippen LogP contribution < -0.4 is 10.1 Å². The predicted molar refractivity (Wildman–Crippen MR) is 94.7 cm³/mol. The van der Waals surface area contributed by atoms with Crippen LogP contribution in [0.1, 0.15) is 24.8 Å². The molecule has 1 aromatic carbocycles. The SMILES string of the molecule is CCN(CC(=O)O)C1CC(NCc2nc3ccc(OC)cc3s2)C1. The Morgan fingerprint density at radius 2 is 2.29 bits per heavy atom. The van der Waals surface area contributed by atoms with Gasteiger partial charge in [0.2, 0.25) is 0 Å². The molecule has 1 saturated carbocycles. The van der Waals surface area contributed by atoms with Gasteiger partial charge in [-0.05, 0) is 37.6 Å². The summed E-state index contributed by atoms with van der Waals surface area (Å²) in [4.78, 5) is 17.5. The van der Waals surface area contributed by atoms with Crippen molar-refractivity contribution in [3.05, 3.63) is 23.2 Å². The molecular weight excluding hydrogens is 326 g/mol. The fraction of sp³-hybridized carbons (Fsp3) is 0.529. The van der Waals surface area contributed by atoms with Crippen molar-refractivity contribution < 1.29 is 14.6 Å². The molecule has 1 heterocycles. The standard InChI is InChI=1S/C17H23N3O3S/c1-3-20(10-17(21)22)12-6-11(7-12)18-9-16-19-14-5-4-13(23-2)8-15(14)24-16/h4-5,8,11-12,18H,3,6-7,9-10H2,1-2H3,(H,21,22). The van der Waals surface area contributed by atoms with Gasteiger partial charge in [0.05, 0.1) is 23.9 Å². The normalized spacial score (nSPS) is 20.3. The number of nitrogens with zero attached hydrogens (tertiary/aromatic N) is 2. The number of benzene rings is 1. The zero-order valence-corrected chi connectivity index (χ0v) is 14.8. The second-order valence-electron chi connectivity index (χ2n) is 6.10. The molecule has 2 N–H and O–H groups in total. The van der Waals surface area contributed by atoms with Gasteiger partial charge >= 0.3 is 5.97 Å². The number of ether oxygens (including phenoxy) is 1. The topological polar surface area (TPSA) is 74.7 Å². The Kier molecular flexibility index (Phi) is 5.33. The van der Waals surface area contributed by atoms with E-state index in [-0.39, 0.29) is 6.54 Å². The molecule has 1 fully saturated rings. The summed E-state index contributed by atoms with van der Waals surface area (Å²) in [6.45, 7) is 3.68. The molecule has 2 aromatic rings.